The first-order valence-corrected chi connectivity index (χ1v) is 6.82. The van der Waals surface area contributed by atoms with Crippen LogP contribution in [0.1, 0.15) is 29.6 Å². The molecule has 20 heavy (non-hydrogen) atoms. The summed E-state index contributed by atoms with van der Waals surface area (Å²) in [6.45, 7) is 1.22. The summed E-state index contributed by atoms with van der Waals surface area (Å²) < 4.78 is 19.7. The Balaban J connectivity index is 2.06. The average Bonchev–Trinajstić information content (AvgIpc) is 2.48. The molecule has 0 saturated carbocycles. The summed E-state index contributed by atoms with van der Waals surface area (Å²) in [7, 11) is 3.23. The number of carbonyl (C=O) groups is 1. The van der Waals surface area contributed by atoms with Gasteiger partial charge in [-0.1, -0.05) is 0 Å². The number of carbonyl (C=O) groups excluding carboxylic acids is 1. The molecule has 1 N–H and O–H groups in total. The number of likely N-dealkylation sites (N-methyl/N-ethyl adjacent to an activating group) is 1. The highest BCUT2D eigenvalue weighted by molar-refractivity contribution is 5.95. The van der Waals surface area contributed by atoms with E-state index < -0.39 is 5.82 Å². The van der Waals surface area contributed by atoms with Crippen molar-refractivity contribution in [3.05, 3.63) is 23.6 Å². The summed E-state index contributed by atoms with van der Waals surface area (Å²) in [5.41, 5.74) is 0.0302. The number of hydrogen-bond donors (Lipinski definition) is 1. The third-order valence-electron chi connectivity index (χ3n) is 3.45. The van der Waals surface area contributed by atoms with Gasteiger partial charge in [-0.2, -0.15) is 0 Å². The van der Waals surface area contributed by atoms with Crippen LogP contribution in [0.25, 0.3) is 0 Å². The molecule has 1 aliphatic heterocycles. The van der Waals surface area contributed by atoms with Gasteiger partial charge in [0.05, 0.1) is 11.7 Å². The van der Waals surface area contributed by atoms with E-state index in [4.69, 9.17) is 4.74 Å². The second-order valence-corrected chi connectivity index (χ2v) is 4.95. The monoisotopic (exact) mass is 281 g/mol. The Labute approximate surface area is 118 Å². The van der Waals surface area contributed by atoms with Gasteiger partial charge in [0.2, 0.25) is 0 Å². The summed E-state index contributed by atoms with van der Waals surface area (Å²) in [4.78, 5) is 17.6. The van der Waals surface area contributed by atoms with Gasteiger partial charge < -0.3 is 15.0 Å². The fourth-order valence-corrected chi connectivity index (χ4v) is 2.33. The van der Waals surface area contributed by atoms with Crippen molar-refractivity contribution in [3.8, 4) is 0 Å². The summed E-state index contributed by atoms with van der Waals surface area (Å²) in [6, 6.07) is 1.40. The van der Waals surface area contributed by atoms with E-state index in [1.807, 2.05) is 0 Å². The molecule has 2 rings (SSSR count). The number of nitrogens with zero attached hydrogens (tertiary/aromatic N) is 2. The molecule has 1 aromatic heterocycles. The molecular formula is C14H20FN3O2. The number of anilines is 1. The van der Waals surface area contributed by atoms with E-state index >= 15 is 0 Å². The van der Waals surface area contributed by atoms with E-state index in [0.29, 0.717) is 6.54 Å². The third-order valence-corrected chi connectivity index (χ3v) is 3.45. The first-order valence-electron chi connectivity index (χ1n) is 6.82. The molecule has 1 saturated heterocycles. The zero-order chi connectivity index (χ0) is 14.5. The third kappa shape index (κ3) is 3.25. The molecule has 1 aromatic rings. The van der Waals surface area contributed by atoms with Crippen molar-refractivity contribution in [3.63, 3.8) is 0 Å². The molecule has 2 heterocycles. The molecule has 1 aliphatic rings. The van der Waals surface area contributed by atoms with Crippen LogP contribution in [-0.4, -0.2) is 49.1 Å². The normalized spacial score (nSPS) is 18.6. The number of ether oxygens (including phenoxy) is 1. The molecule has 1 fully saturated rings. The second kappa shape index (κ2) is 6.65. The van der Waals surface area contributed by atoms with Crippen molar-refractivity contribution in [1.82, 2.24) is 9.88 Å². The number of pyridine rings is 1. The van der Waals surface area contributed by atoms with Gasteiger partial charge in [-0.25, -0.2) is 9.37 Å². The lowest BCUT2D eigenvalue weighted by atomic mass is 10.1. The summed E-state index contributed by atoms with van der Waals surface area (Å²) >= 11 is 0. The Morgan fingerprint density at radius 1 is 1.60 bits per heavy atom. The number of aromatic nitrogens is 1. The van der Waals surface area contributed by atoms with Crippen molar-refractivity contribution in [2.45, 2.75) is 25.4 Å². The number of amides is 1. The number of halogens is 1. The zero-order valence-electron chi connectivity index (χ0n) is 11.9. The van der Waals surface area contributed by atoms with Gasteiger partial charge >= 0.3 is 0 Å². The lowest BCUT2D eigenvalue weighted by Gasteiger charge is -2.27. The highest BCUT2D eigenvalue weighted by atomic mass is 19.1. The summed E-state index contributed by atoms with van der Waals surface area (Å²) in [6.07, 6.45) is 4.59. The van der Waals surface area contributed by atoms with Crippen LogP contribution >= 0.6 is 0 Å². The van der Waals surface area contributed by atoms with Gasteiger partial charge in [-0.3, -0.25) is 4.79 Å². The predicted molar refractivity (Wildman–Crippen MR) is 74.3 cm³/mol. The number of hydrogen-bond acceptors (Lipinski definition) is 4. The minimum atomic E-state index is -0.614. The quantitative estimate of drug-likeness (QED) is 0.916. The molecule has 1 unspecified atom stereocenters. The first kappa shape index (κ1) is 14.7. The van der Waals surface area contributed by atoms with Crippen LogP contribution in [0, 0.1) is 5.82 Å². The standard InChI is InChI=1S/C14H20FN3O2/c1-16-13-12(15)11(6-7-17-13)14(19)18(2)9-10-5-3-4-8-20-10/h6-7,10H,3-5,8-9H2,1-2H3,(H,16,17). The van der Waals surface area contributed by atoms with Crippen molar-refractivity contribution < 1.29 is 13.9 Å². The first-order chi connectivity index (χ1) is 9.63. The Bertz CT molecular complexity index is 475. The van der Waals surface area contributed by atoms with E-state index in [0.717, 1.165) is 25.9 Å². The smallest absolute Gasteiger partial charge is 0.256 e. The molecule has 1 atom stereocenters. The van der Waals surface area contributed by atoms with Crippen LogP contribution in [0.4, 0.5) is 10.2 Å². The fraction of sp³-hybridized carbons (Fsp3) is 0.571. The van der Waals surface area contributed by atoms with E-state index in [1.165, 1.54) is 17.2 Å². The molecule has 0 bridgehead atoms. The summed E-state index contributed by atoms with van der Waals surface area (Å²) in [5.74, 6) is -0.884. The van der Waals surface area contributed by atoms with E-state index in [-0.39, 0.29) is 23.4 Å². The number of nitrogens with one attached hydrogen (secondary N) is 1. The van der Waals surface area contributed by atoms with Crippen LogP contribution in [0.2, 0.25) is 0 Å². The van der Waals surface area contributed by atoms with Gasteiger partial charge in [0.25, 0.3) is 5.91 Å². The topological polar surface area (TPSA) is 54.5 Å². The van der Waals surface area contributed by atoms with Crippen molar-refractivity contribution in [1.29, 1.82) is 0 Å². The van der Waals surface area contributed by atoms with E-state index in [9.17, 15) is 9.18 Å². The molecule has 0 radical (unpaired) electrons. The lowest BCUT2D eigenvalue weighted by Crippen LogP contribution is -2.37. The largest absolute Gasteiger partial charge is 0.376 e. The van der Waals surface area contributed by atoms with Crippen molar-refractivity contribution in [2.75, 3.05) is 32.6 Å². The Hall–Kier alpha value is -1.69. The number of rotatable bonds is 4. The van der Waals surface area contributed by atoms with Crippen LogP contribution in [0.5, 0.6) is 0 Å². The fourth-order valence-electron chi connectivity index (χ4n) is 2.33. The molecule has 6 heteroatoms. The van der Waals surface area contributed by atoms with Crippen LogP contribution in [0.15, 0.2) is 12.3 Å². The molecule has 0 aromatic carbocycles. The van der Waals surface area contributed by atoms with E-state index in [2.05, 4.69) is 10.3 Å². The average molecular weight is 281 g/mol. The highest BCUT2D eigenvalue weighted by Gasteiger charge is 2.22. The minimum absolute atomic E-state index is 0.0302. The van der Waals surface area contributed by atoms with Crippen molar-refractivity contribution in [2.24, 2.45) is 0 Å². The predicted octanol–water partition coefficient (Wildman–Crippen LogP) is 1.90. The maximum absolute atomic E-state index is 14.1. The Kier molecular flexibility index (Phi) is 4.89. The zero-order valence-corrected chi connectivity index (χ0v) is 11.9. The molecule has 110 valence electrons. The molecular weight excluding hydrogens is 261 g/mol. The SMILES string of the molecule is CNc1nccc(C(=O)N(C)CC2CCCCO2)c1F. The van der Waals surface area contributed by atoms with Gasteiger partial charge in [0.1, 0.15) is 0 Å². The van der Waals surface area contributed by atoms with Crippen molar-refractivity contribution >= 4 is 11.7 Å². The maximum Gasteiger partial charge on any atom is 0.256 e. The van der Waals surface area contributed by atoms with Gasteiger partial charge in [0.15, 0.2) is 11.6 Å². The molecule has 5 nitrogen and oxygen atoms in total. The minimum Gasteiger partial charge on any atom is -0.376 e. The maximum atomic E-state index is 14.1. The van der Waals surface area contributed by atoms with Crippen LogP contribution in [-0.2, 0) is 4.74 Å². The molecule has 0 spiro atoms. The Morgan fingerprint density at radius 2 is 2.40 bits per heavy atom. The summed E-state index contributed by atoms with van der Waals surface area (Å²) in [5, 5.41) is 2.63. The molecule has 0 aliphatic carbocycles. The van der Waals surface area contributed by atoms with Gasteiger partial charge in [-0.05, 0) is 25.3 Å². The Morgan fingerprint density at radius 3 is 3.05 bits per heavy atom. The van der Waals surface area contributed by atoms with Crippen LogP contribution in [0.3, 0.4) is 0 Å². The second-order valence-electron chi connectivity index (χ2n) is 4.95. The molecule has 1 amide bonds. The highest BCUT2D eigenvalue weighted by Crippen LogP contribution is 2.18. The van der Waals surface area contributed by atoms with Gasteiger partial charge in [-0.15, -0.1) is 0 Å². The lowest BCUT2D eigenvalue weighted by molar-refractivity contribution is -0.000269. The van der Waals surface area contributed by atoms with Gasteiger partial charge in [0, 0.05) is 33.4 Å². The van der Waals surface area contributed by atoms with E-state index in [1.54, 1.807) is 14.1 Å². The van der Waals surface area contributed by atoms with Crippen LogP contribution < -0.4 is 5.32 Å².